The van der Waals surface area contributed by atoms with Crippen molar-refractivity contribution >= 4 is 28.7 Å². The zero-order valence-corrected chi connectivity index (χ0v) is 24.5. The number of fused-ring (bicyclic) bond motifs is 2. The Morgan fingerprint density at radius 1 is 1.13 bits per heavy atom. The number of hydrogen-bond donors (Lipinski definition) is 0. The van der Waals surface area contributed by atoms with Gasteiger partial charge in [-0.15, -0.1) is 0 Å². The van der Waals surface area contributed by atoms with Gasteiger partial charge in [-0.05, 0) is 79.8 Å². The van der Waals surface area contributed by atoms with Crippen LogP contribution in [-0.4, -0.2) is 91.8 Å². The second kappa shape index (κ2) is 9.55. The molecule has 4 fully saturated rings. The van der Waals surface area contributed by atoms with Gasteiger partial charge >= 0.3 is 6.09 Å². The lowest BCUT2D eigenvalue weighted by Crippen LogP contribution is -2.56. The molecule has 4 aliphatic heterocycles. The summed E-state index contributed by atoms with van der Waals surface area (Å²) in [4.78, 5) is 26.1. The van der Waals surface area contributed by atoms with E-state index in [4.69, 9.17) is 30.5 Å². The predicted octanol–water partition coefficient (Wildman–Crippen LogP) is 4.68. The SMILES string of the molecule is Cc1nc(Cl)c2ccn([C@@H]3O[C@H](CN4CCCC45CCN(C(=O)OC(C)(C)C)CC5)[C@H]4OC(C)(C)O[C@H]43)c2n1. The van der Waals surface area contributed by atoms with Gasteiger partial charge in [-0.2, -0.15) is 0 Å². The summed E-state index contributed by atoms with van der Waals surface area (Å²) in [6, 6.07) is 1.93. The number of likely N-dealkylation sites (tertiary alicyclic amines) is 2. The van der Waals surface area contributed by atoms with Crippen molar-refractivity contribution in [2.24, 2.45) is 0 Å². The molecule has 1 amide bonds. The lowest BCUT2D eigenvalue weighted by Gasteiger charge is -2.46. The molecule has 2 aromatic rings. The van der Waals surface area contributed by atoms with Crippen LogP contribution in [0.4, 0.5) is 4.79 Å². The van der Waals surface area contributed by atoms with Crippen LogP contribution in [0.1, 0.15) is 72.4 Å². The zero-order chi connectivity index (χ0) is 27.7. The second-order valence-electron chi connectivity index (χ2n) is 12.9. The van der Waals surface area contributed by atoms with E-state index in [1.54, 1.807) is 0 Å². The molecule has 0 aromatic carbocycles. The number of amides is 1. The number of aromatic nitrogens is 3. The van der Waals surface area contributed by atoms with Crippen molar-refractivity contribution in [3.63, 3.8) is 0 Å². The van der Waals surface area contributed by atoms with Gasteiger partial charge in [0.1, 0.15) is 40.5 Å². The summed E-state index contributed by atoms with van der Waals surface area (Å²) in [5, 5.41) is 1.22. The molecule has 0 unspecified atom stereocenters. The molecule has 4 aliphatic rings. The van der Waals surface area contributed by atoms with Gasteiger partial charge in [0.05, 0.1) is 5.39 Å². The number of ether oxygens (including phenoxy) is 4. The van der Waals surface area contributed by atoms with Gasteiger partial charge in [-0.3, -0.25) is 4.90 Å². The van der Waals surface area contributed by atoms with Crippen LogP contribution in [0.5, 0.6) is 0 Å². The van der Waals surface area contributed by atoms with Crippen molar-refractivity contribution in [2.45, 2.75) is 109 Å². The number of piperidine rings is 1. The van der Waals surface area contributed by atoms with E-state index in [0.717, 1.165) is 49.8 Å². The third-order valence-corrected chi connectivity index (χ3v) is 8.81. The second-order valence-corrected chi connectivity index (χ2v) is 13.3. The summed E-state index contributed by atoms with van der Waals surface area (Å²) in [5.74, 6) is -0.0954. The van der Waals surface area contributed by atoms with Crippen molar-refractivity contribution in [2.75, 3.05) is 26.2 Å². The number of nitrogens with zero attached hydrogens (tertiary/aromatic N) is 5. The lowest BCUT2D eigenvalue weighted by atomic mass is 9.84. The fourth-order valence-corrected chi connectivity index (χ4v) is 7.10. The van der Waals surface area contributed by atoms with Crippen LogP contribution in [0.2, 0.25) is 5.15 Å². The number of carbonyl (C=O) groups is 1. The standard InChI is InChI=1S/C28H40ClN5O5/c1-17-30-22(29)18-8-13-34(23(18)31-17)24-21-20(37-27(5,6)38-21)19(36-24)16-33-12-7-9-28(33)10-14-32(15-11-28)25(35)39-26(2,3)4/h8,13,19-21,24H,7,9-12,14-16H2,1-6H3/t19-,20-,21-,24-/m1/s1. The Balaban J connectivity index is 1.20. The number of hydrogen-bond acceptors (Lipinski definition) is 8. The third kappa shape index (κ3) is 5.03. The van der Waals surface area contributed by atoms with Crippen LogP contribution in [-0.2, 0) is 18.9 Å². The van der Waals surface area contributed by atoms with E-state index < -0.39 is 17.6 Å². The molecular weight excluding hydrogens is 522 g/mol. The average Bonchev–Trinajstić information content (AvgIpc) is 3.57. The van der Waals surface area contributed by atoms with Gasteiger partial charge < -0.3 is 28.4 Å². The van der Waals surface area contributed by atoms with Gasteiger partial charge in [-0.1, -0.05) is 11.6 Å². The minimum absolute atomic E-state index is 0.0580. The molecule has 4 saturated heterocycles. The first-order valence-corrected chi connectivity index (χ1v) is 14.5. The van der Waals surface area contributed by atoms with Crippen molar-refractivity contribution in [1.29, 1.82) is 0 Å². The summed E-state index contributed by atoms with van der Waals surface area (Å²) in [5.41, 5.74) is 0.302. The normalized spacial score (nSPS) is 30.4. The van der Waals surface area contributed by atoms with Crippen molar-refractivity contribution in [3.05, 3.63) is 23.2 Å². The van der Waals surface area contributed by atoms with Gasteiger partial charge in [0.25, 0.3) is 0 Å². The molecule has 1 spiro atoms. The molecule has 0 bridgehead atoms. The number of halogens is 1. The molecule has 6 rings (SSSR count). The van der Waals surface area contributed by atoms with Crippen LogP contribution in [0.25, 0.3) is 11.0 Å². The maximum atomic E-state index is 12.7. The van der Waals surface area contributed by atoms with Gasteiger partial charge in [0, 0.05) is 31.4 Å². The highest BCUT2D eigenvalue weighted by Gasteiger charge is 2.57. The molecule has 39 heavy (non-hydrogen) atoms. The van der Waals surface area contributed by atoms with E-state index in [9.17, 15) is 4.79 Å². The fourth-order valence-electron chi connectivity index (χ4n) is 6.83. The zero-order valence-electron chi connectivity index (χ0n) is 23.8. The molecular formula is C28H40ClN5O5. The molecule has 10 nitrogen and oxygen atoms in total. The molecule has 0 N–H and O–H groups in total. The van der Waals surface area contributed by atoms with Crippen LogP contribution in [0.15, 0.2) is 12.3 Å². The van der Waals surface area contributed by atoms with Gasteiger partial charge in [0.2, 0.25) is 0 Å². The molecule has 11 heteroatoms. The Morgan fingerprint density at radius 3 is 2.56 bits per heavy atom. The highest BCUT2D eigenvalue weighted by Crippen LogP contribution is 2.46. The Kier molecular flexibility index (Phi) is 6.66. The van der Waals surface area contributed by atoms with E-state index >= 15 is 0 Å². The minimum atomic E-state index is -0.706. The van der Waals surface area contributed by atoms with Crippen molar-refractivity contribution < 1.29 is 23.7 Å². The van der Waals surface area contributed by atoms with Crippen molar-refractivity contribution in [3.8, 4) is 0 Å². The lowest BCUT2D eigenvalue weighted by molar-refractivity contribution is -0.199. The Hall–Kier alpha value is -1.98. The molecule has 214 valence electrons. The van der Waals surface area contributed by atoms with E-state index in [1.807, 2.05) is 63.3 Å². The summed E-state index contributed by atoms with van der Waals surface area (Å²) in [7, 11) is 0. The highest BCUT2D eigenvalue weighted by atomic mass is 35.5. The summed E-state index contributed by atoms with van der Waals surface area (Å²) < 4.78 is 27.2. The molecule has 2 aromatic heterocycles. The largest absolute Gasteiger partial charge is 0.444 e. The van der Waals surface area contributed by atoms with Gasteiger partial charge in [-0.25, -0.2) is 14.8 Å². The van der Waals surface area contributed by atoms with Crippen LogP contribution in [0.3, 0.4) is 0 Å². The van der Waals surface area contributed by atoms with E-state index in [-0.39, 0.29) is 29.9 Å². The van der Waals surface area contributed by atoms with Crippen LogP contribution >= 0.6 is 11.6 Å². The molecule has 4 atom stereocenters. The average molecular weight is 562 g/mol. The van der Waals surface area contributed by atoms with E-state index in [1.165, 1.54) is 0 Å². The monoisotopic (exact) mass is 561 g/mol. The number of aryl methyl sites for hydroxylation is 1. The van der Waals surface area contributed by atoms with Crippen LogP contribution < -0.4 is 0 Å². The first-order chi connectivity index (χ1) is 18.3. The summed E-state index contributed by atoms with van der Waals surface area (Å²) >= 11 is 6.42. The maximum Gasteiger partial charge on any atom is 0.410 e. The molecule has 6 heterocycles. The summed E-state index contributed by atoms with van der Waals surface area (Å²) in [6.45, 7) is 14.6. The Labute approximate surface area is 234 Å². The Bertz CT molecular complexity index is 1250. The fraction of sp³-hybridized carbons (Fsp3) is 0.750. The molecule has 0 radical (unpaired) electrons. The quantitative estimate of drug-likeness (QED) is 0.499. The van der Waals surface area contributed by atoms with Crippen molar-refractivity contribution in [1.82, 2.24) is 24.3 Å². The Morgan fingerprint density at radius 2 is 1.85 bits per heavy atom. The smallest absolute Gasteiger partial charge is 0.410 e. The first kappa shape index (κ1) is 27.2. The van der Waals surface area contributed by atoms with Crippen LogP contribution in [0, 0.1) is 6.92 Å². The van der Waals surface area contributed by atoms with E-state index in [0.29, 0.717) is 24.1 Å². The minimum Gasteiger partial charge on any atom is -0.444 e. The maximum absolute atomic E-state index is 12.7. The van der Waals surface area contributed by atoms with E-state index in [2.05, 4.69) is 14.9 Å². The highest BCUT2D eigenvalue weighted by molar-refractivity contribution is 6.33. The number of rotatable bonds is 3. The van der Waals surface area contributed by atoms with Gasteiger partial charge in [0.15, 0.2) is 12.0 Å². The topological polar surface area (TPSA) is 91.2 Å². The molecule has 0 saturated carbocycles. The molecule has 0 aliphatic carbocycles. The third-order valence-electron chi connectivity index (χ3n) is 8.52. The predicted molar refractivity (Wildman–Crippen MR) is 146 cm³/mol. The number of carbonyl (C=O) groups excluding carboxylic acids is 1. The summed E-state index contributed by atoms with van der Waals surface area (Å²) in [6.07, 6.45) is 4.80. The first-order valence-electron chi connectivity index (χ1n) is 14.1.